The van der Waals surface area contributed by atoms with Gasteiger partial charge in [0.25, 0.3) is 0 Å². The molecule has 0 bridgehead atoms. The summed E-state index contributed by atoms with van der Waals surface area (Å²) in [5.74, 6) is 0.940. The topological polar surface area (TPSA) is 29.5 Å². The van der Waals surface area contributed by atoms with E-state index in [4.69, 9.17) is 4.74 Å². The van der Waals surface area contributed by atoms with Crippen molar-refractivity contribution in [3.8, 4) is 5.75 Å². The largest absolute Gasteiger partial charge is 0.493 e. The number of benzene rings is 2. The number of aryl methyl sites for hydroxylation is 1. The minimum atomic E-state index is -0.595. The molecule has 0 amide bonds. The molecule has 0 aromatic heterocycles. The van der Waals surface area contributed by atoms with E-state index in [0.717, 1.165) is 47.5 Å². The molecule has 2 aromatic rings. The van der Waals surface area contributed by atoms with Gasteiger partial charge in [-0.3, -0.25) is 0 Å². The smallest absolute Gasteiger partial charge is 0.122 e. The van der Waals surface area contributed by atoms with Gasteiger partial charge in [0.1, 0.15) is 11.9 Å². The molecule has 0 radical (unpaired) electrons. The maximum Gasteiger partial charge on any atom is 0.122 e. The van der Waals surface area contributed by atoms with Gasteiger partial charge in [0.15, 0.2) is 0 Å². The minimum absolute atomic E-state index is 0.595. The summed E-state index contributed by atoms with van der Waals surface area (Å²) in [5, 5.41) is 10.9. The summed E-state index contributed by atoms with van der Waals surface area (Å²) >= 11 is 0. The Balaban J connectivity index is 2.05. The van der Waals surface area contributed by atoms with E-state index < -0.39 is 6.10 Å². The van der Waals surface area contributed by atoms with Crippen molar-refractivity contribution in [2.45, 2.75) is 78.7 Å². The Morgan fingerprint density at radius 1 is 0.815 bits per heavy atom. The van der Waals surface area contributed by atoms with Crippen molar-refractivity contribution in [1.82, 2.24) is 0 Å². The van der Waals surface area contributed by atoms with Crippen LogP contribution in [0.2, 0.25) is 0 Å². The lowest BCUT2D eigenvalue weighted by Gasteiger charge is -2.19. The zero-order valence-electron chi connectivity index (χ0n) is 17.6. The molecule has 2 aromatic carbocycles. The van der Waals surface area contributed by atoms with E-state index in [1.165, 1.54) is 37.7 Å². The molecule has 0 spiro atoms. The van der Waals surface area contributed by atoms with E-state index in [1.54, 1.807) is 0 Å². The van der Waals surface area contributed by atoms with Crippen LogP contribution in [0.1, 0.15) is 86.3 Å². The van der Waals surface area contributed by atoms with Crippen molar-refractivity contribution >= 4 is 0 Å². The van der Waals surface area contributed by atoms with E-state index in [1.807, 2.05) is 12.1 Å². The quantitative estimate of drug-likeness (QED) is 0.448. The zero-order valence-corrected chi connectivity index (χ0v) is 17.6. The van der Waals surface area contributed by atoms with Crippen molar-refractivity contribution in [2.75, 3.05) is 6.61 Å². The van der Waals surface area contributed by atoms with E-state index in [9.17, 15) is 5.11 Å². The van der Waals surface area contributed by atoms with Crippen molar-refractivity contribution in [3.05, 3.63) is 64.2 Å². The lowest BCUT2D eigenvalue weighted by atomic mass is 9.93. The predicted molar refractivity (Wildman–Crippen MR) is 115 cm³/mol. The maximum atomic E-state index is 10.9. The Morgan fingerprint density at radius 2 is 1.52 bits per heavy atom. The minimum Gasteiger partial charge on any atom is -0.493 e. The number of ether oxygens (including phenoxy) is 1. The average Bonchev–Trinajstić information content (AvgIpc) is 2.69. The molecule has 0 heterocycles. The lowest BCUT2D eigenvalue weighted by molar-refractivity contribution is 0.219. The highest BCUT2D eigenvalue weighted by Crippen LogP contribution is 2.31. The third-order valence-corrected chi connectivity index (χ3v) is 5.44. The second-order valence-corrected chi connectivity index (χ2v) is 7.56. The van der Waals surface area contributed by atoms with Crippen LogP contribution in [0.5, 0.6) is 5.75 Å². The molecule has 0 aliphatic carbocycles. The number of rotatable bonds is 11. The molecule has 148 valence electrons. The molecule has 2 nitrogen and oxygen atoms in total. The Morgan fingerprint density at radius 3 is 2.19 bits per heavy atom. The summed E-state index contributed by atoms with van der Waals surface area (Å²) in [6, 6.07) is 12.4. The van der Waals surface area contributed by atoms with Gasteiger partial charge in [0, 0.05) is 0 Å². The first-order chi connectivity index (χ1) is 13.1. The number of aliphatic hydroxyl groups is 1. The van der Waals surface area contributed by atoms with Gasteiger partial charge in [0.05, 0.1) is 6.61 Å². The lowest BCUT2D eigenvalue weighted by Crippen LogP contribution is -2.06. The average molecular weight is 369 g/mol. The van der Waals surface area contributed by atoms with Crippen LogP contribution in [0.3, 0.4) is 0 Å². The van der Waals surface area contributed by atoms with Crippen LogP contribution in [0, 0.1) is 13.8 Å². The maximum absolute atomic E-state index is 10.9. The Labute approximate surface area is 165 Å². The summed E-state index contributed by atoms with van der Waals surface area (Å²) in [5.41, 5.74) is 5.50. The Bertz CT molecular complexity index is 688. The fraction of sp³-hybridized carbons (Fsp3) is 0.520. The summed E-state index contributed by atoms with van der Waals surface area (Å²) < 4.78 is 5.98. The molecule has 1 unspecified atom stereocenters. The number of hydrogen-bond acceptors (Lipinski definition) is 2. The van der Waals surface area contributed by atoms with Crippen LogP contribution in [0.15, 0.2) is 36.4 Å². The summed E-state index contributed by atoms with van der Waals surface area (Å²) in [7, 11) is 0. The highest BCUT2D eigenvalue weighted by Gasteiger charge is 2.16. The monoisotopic (exact) mass is 368 g/mol. The predicted octanol–water partition coefficient (Wildman–Crippen LogP) is 6.69. The molecule has 0 saturated carbocycles. The molecule has 1 atom stereocenters. The van der Waals surface area contributed by atoms with Gasteiger partial charge in [-0.1, -0.05) is 69.9 Å². The van der Waals surface area contributed by atoms with Crippen LogP contribution in [-0.2, 0) is 6.42 Å². The van der Waals surface area contributed by atoms with Crippen molar-refractivity contribution in [1.29, 1.82) is 0 Å². The molecule has 27 heavy (non-hydrogen) atoms. The number of unbranched alkanes of at least 4 members (excludes halogenated alkanes) is 4. The molecule has 0 saturated heterocycles. The second kappa shape index (κ2) is 11.1. The Hall–Kier alpha value is -1.80. The SMILES string of the molecule is CCCCCCOc1ccc(C(O)c2ccc(CCCC)cc2)c(C)c1C. The van der Waals surface area contributed by atoms with E-state index >= 15 is 0 Å². The zero-order chi connectivity index (χ0) is 19.6. The standard InChI is InChI=1S/C25H36O2/c1-5-7-9-10-18-27-24-17-16-23(19(3)20(24)4)25(26)22-14-12-21(13-15-22)11-8-6-2/h12-17,25-26H,5-11,18H2,1-4H3. The van der Waals surface area contributed by atoms with E-state index in [0.29, 0.717) is 0 Å². The molecule has 2 rings (SSSR count). The third-order valence-electron chi connectivity index (χ3n) is 5.44. The first-order valence-corrected chi connectivity index (χ1v) is 10.6. The number of aliphatic hydroxyl groups excluding tert-OH is 1. The van der Waals surface area contributed by atoms with Gasteiger partial charge >= 0.3 is 0 Å². The fourth-order valence-electron chi connectivity index (χ4n) is 3.41. The molecule has 0 aliphatic heterocycles. The highest BCUT2D eigenvalue weighted by molar-refractivity contribution is 5.46. The van der Waals surface area contributed by atoms with Crippen molar-refractivity contribution in [2.24, 2.45) is 0 Å². The van der Waals surface area contributed by atoms with Crippen molar-refractivity contribution < 1.29 is 9.84 Å². The number of hydrogen-bond donors (Lipinski definition) is 1. The second-order valence-electron chi connectivity index (χ2n) is 7.56. The third kappa shape index (κ3) is 6.10. The van der Waals surface area contributed by atoms with Crippen LogP contribution in [0.25, 0.3) is 0 Å². The molecule has 0 fully saturated rings. The van der Waals surface area contributed by atoms with Gasteiger partial charge in [-0.15, -0.1) is 0 Å². The highest BCUT2D eigenvalue weighted by atomic mass is 16.5. The van der Waals surface area contributed by atoms with Crippen LogP contribution >= 0.6 is 0 Å². The van der Waals surface area contributed by atoms with Gasteiger partial charge in [-0.2, -0.15) is 0 Å². The molecule has 0 aliphatic rings. The fourth-order valence-corrected chi connectivity index (χ4v) is 3.41. The van der Waals surface area contributed by atoms with Crippen molar-refractivity contribution in [3.63, 3.8) is 0 Å². The van der Waals surface area contributed by atoms with Gasteiger partial charge in [-0.25, -0.2) is 0 Å². The Kier molecular flexibility index (Phi) is 8.87. The molecule has 2 heteroatoms. The van der Waals surface area contributed by atoms with Crippen LogP contribution in [-0.4, -0.2) is 11.7 Å². The van der Waals surface area contributed by atoms with E-state index in [-0.39, 0.29) is 0 Å². The molecular formula is C25H36O2. The normalized spacial score (nSPS) is 12.2. The van der Waals surface area contributed by atoms with E-state index in [2.05, 4.69) is 52.0 Å². The van der Waals surface area contributed by atoms with Gasteiger partial charge in [0.2, 0.25) is 0 Å². The summed E-state index contributed by atoms with van der Waals surface area (Å²) in [6.45, 7) is 9.36. The van der Waals surface area contributed by atoms with Crippen LogP contribution in [0.4, 0.5) is 0 Å². The molecular weight excluding hydrogens is 332 g/mol. The summed E-state index contributed by atoms with van der Waals surface area (Å²) in [6.07, 6.45) is 7.75. The van der Waals surface area contributed by atoms with Gasteiger partial charge < -0.3 is 9.84 Å². The first kappa shape index (κ1) is 21.5. The summed E-state index contributed by atoms with van der Waals surface area (Å²) in [4.78, 5) is 0. The van der Waals surface area contributed by atoms with Crippen LogP contribution < -0.4 is 4.74 Å². The molecule has 1 N–H and O–H groups in total. The van der Waals surface area contributed by atoms with Gasteiger partial charge in [-0.05, 0) is 67.0 Å². The first-order valence-electron chi connectivity index (χ1n) is 10.6.